The zero-order chi connectivity index (χ0) is 15.3. The Balaban J connectivity index is 1.93. The summed E-state index contributed by atoms with van der Waals surface area (Å²) in [5, 5.41) is 10.0. The monoisotopic (exact) mass is 301 g/mol. The summed E-state index contributed by atoms with van der Waals surface area (Å²) in [4.78, 5) is 2.36. The van der Waals surface area contributed by atoms with Crippen molar-refractivity contribution in [2.24, 2.45) is 0 Å². The van der Waals surface area contributed by atoms with E-state index >= 15 is 0 Å². The number of benzene rings is 1. The van der Waals surface area contributed by atoms with Crippen molar-refractivity contribution in [2.45, 2.75) is 43.4 Å². The minimum absolute atomic E-state index is 0.0148. The molecule has 1 aromatic rings. The Kier molecular flexibility index (Phi) is 3.20. The van der Waals surface area contributed by atoms with Crippen LogP contribution in [0.3, 0.4) is 0 Å². The Bertz CT molecular complexity index is 627. The third kappa shape index (κ3) is 1.90. The fraction of sp³-hybridized carbons (Fsp3) is 0.556. The average Bonchev–Trinajstić information content (AvgIpc) is 2.80. The zero-order valence-corrected chi connectivity index (χ0v) is 13.2. The summed E-state index contributed by atoms with van der Waals surface area (Å²) in [5.41, 5.74) is 2.51. The lowest BCUT2D eigenvalue weighted by atomic mass is 9.67. The molecule has 3 aliphatic rings. The molecule has 4 rings (SSSR count). The lowest BCUT2D eigenvalue weighted by molar-refractivity contribution is 0.0817. The van der Waals surface area contributed by atoms with Gasteiger partial charge in [0.1, 0.15) is 6.10 Å². The summed E-state index contributed by atoms with van der Waals surface area (Å²) < 4.78 is 11.8. The van der Waals surface area contributed by atoms with Gasteiger partial charge < -0.3 is 19.5 Å². The summed E-state index contributed by atoms with van der Waals surface area (Å²) in [6.07, 6.45) is 6.60. The molecule has 0 unspecified atom stereocenters. The Morgan fingerprint density at radius 2 is 2.27 bits per heavy atom. The van der Waals surface area contributed by atoms with Crippen LogP contribution in [0.1, 0.15) is 30.4 Å². The molecule has 0 saturated heterocycles. The Morgan fingerprint density at radius 1 is 1.41 bits per heavy atom. The van der Waals surface area contributed by atoms with E-state index in [1.165, 1.54) is 11.1 Å². The molecular formula is C18H23NO3. The van der Waals surface area contributed by atoms with Gasteiger partial charge in [-0.25, -0.2) is 0 Å². The molecule has 118 valence electrons. The number of aliphatic hydroxyl groups is 1. The molecule has 1 N–H and O–H groups in total. The fourth-order valence-electron chi connectivity index (χ4n) is 4.34. The minimum Gasteiger partial charge on any atom is -0.493 e. The van der Waals surface area contributed by atoms with Crippen LogP contribution in [-0.4, -0.2) is 42.9 Å². The van der Waals surface area contributed by atoms with Crippen molar-refractivity contribution in [3.63, 3.8) is 0 Å². The molecule has 2 aliphatic heterocycles. The minimum atomic E-state index is -0.410. The van der Waals surface area contributed by atoms with Crippen molar-refractivity contribution in [2.75, 3.05) is 20.7 Å². The molecule has 0 aromatic heterocycles. The molecule has 0 saturated carbocycles. The topological polar surface area (TPSA) is 41.9 Å². The van der Waals surface area contributed by atoms with Gasteiger partial charge in [0.05, 0.1) is 18.6 Å². The van der Waals surface area contributed by atoms with Gasteiger partial charge in [-0.05, 0) is 38.1 Å². The van der Waals surface area contributed by atoms with E-state index in [1.54, 1.807) is 7.11 Å². The van der Waals surface area contributed by atoms with Crippen molar-refractivity contribution in [3.8, 4) is 11.5 Å². The molecule has 0 radical (unpaired) electrons. The molecule has 0 fully saturated rings. The van der Waals surface area contributed by atoms with Gasteiger partial charge in [0.2, 0.25) is 0 Å². The first-order chi connectivity index (χ1) is 10.6. The van der Waals surface area contributed by atoms with Crippen LogP contribution in [0.2, 0.25) is 0 Å². The van der Waals surface area contributed by atoms with E-state index in [0.29, 0.717) is 6.42 Å². The second-order valence-corrected chi connectivity index (χ2v) is 6.78. The number of hydrogen-bond acceptors (Lipinski definition) is 4. The molecule has 22 heavy (non-hydrogen) atoms. The van der Waals surface area contributed by atoms with Crippen LogP contribution >= 0.6 is 0 Å². The molecular weight excluding hydrogens is 278 g/mol. The Labute approximate surface area is 131 Å². The number of aliphatic hydroxyl groups excluding tert-OH is 1. The van der Waals surface area contributed by atoms with Gasteiger partial charge in [-0.2, -0.15) is 0 Å². The van der Waals surface area contributed by atoms with E-state index in [1.807, 2.05) is 12.1 Å². The highest BCUT2D eigenvalue weighted by molar-refractivity contribution is 5.60. The van der Waals surface area contributed by atoms with Crippen LogP contribution < -0.4 is 9.47 Å². The van der Waals surface area contributed by atoms with Gasteiger partial charge in [-0.15, -0.1) is 0 Å². The van der Waals surface area contributed by atoms with Crippen LogP contribution in [0, 0.1) is 0 Å². The van der Waals surface area contributed by atoms with Crippen molar-refractivity contribution >= 4 is 0 Å². The average molecular weight is 301 g/mol. The normalized spacial score (nSPS) is 33.4. The van der Waals surface area contributed by atoms with Gasteiger partial charge in [0.15, 0.2) is 11.5 Å². The second-order valence-electron chi connectivity index (χ2n) is 6.78. The van der Waals surface area contributed by atoms with E-state index < -0.39 is 6.10 Å². The number of methoxy groups -OCH3 is 1. The van der Waals surface area contributed by atoms with Gasteiger partial charge in [-0.3, -0.25) is 0 Å². The highest BCUT2D eigenvalue weighted by atomic mass is 16.5. The quantitative estimate of drug-likeness (QED) is 0.808. The molecule has 4 heteroatoms. The van der Waals surface area contributed by atoms with Crippen molar-refractivity contribution in [1.29, 1.82) is 0 Å². The molecule has 3 atom stereocenters. The standard InChI is InChI=1S/C18H23NO3/c1-19-9-3-7-18-8-6-13(20)10-15(18)22-17-14(21-2)5-4-12(11-19)16(17)18/h4-6,8,13,15,20H,3,7,9-11H2,1-2H3/t13-,15-,18+/m0/s1. The van der Waals surface area contributed by atoms with E-state index in [2.05, 4.69) is 24.1 Å². The van der Waals surface area contributed by atoms with E-state index in [0.717, 1.165) is 37.4 Å². The van der Waals surface area contributed by atoms with E-state index in [-0.39, 0.29) is 11.5 Å². The number of nitrogens with zero attached hydrogens (tertiary/aromatic N) is 1. The van der Waals surface area contributed by atoms with Gasteiger partial charge in [-0.1, -0.05) is 18.2 Å². The van der Waals surface area contributed by atoms with Crippen LogP contribution in [0.5, 0.6) is 11.5 Å². The van der Waals surface area contributed by atoms with Gasteiger partial charge in [0.25, 0.3) is 0 Å². The largest absolute Gasteiger partial charge is 0.493 e. The number of hydrogen-bond donors (Lipinski definition) is 1. The maximum atomic E-state index is 10.0. The fourth-order valence-corrected chi connectivity index (χ4v) is 4.34. The summed E-state index contributed by atoms with van der Waals surface area (Å²) in [5.74, 6) is 1.69. The number of rotatable bonds is 1. The van der Waals surface area contributed by atoms with Crippen LogP contribution in [0.25, 0.3) is 0 Å². The molecule has 1 aliphatic carbocycles. The third-order valence-corrected chi connectivity index (χ3v) is 5.37. The number of ether oxygens (including phenoxy) is 2. The van der Waals surface area contributed by atoms with Crippen LogP contribution in [-0.2, 0) is 12.0 Å². The smallest absolute Gasteiger partial charge is 0.166 e. The van der Waals surface area contributed by atoms with Gasteiger partial charge >= 0.3 is 0 Å². The lowest BCUT2D eigenvalue weighted by Crippen LogP contribution is -2.43. The van der Waals surface area contributed by atoms with E-state index in [4.69, 9.17) is 9.47 Å². The predicted octanol–water partition coefficient (Wildman–Crippen LogP) is 2.24. The summed E-state index contributed by atoms with van der Waals surface area (Å²) >= 11 is 0. The first kappa shape index (κ1) is 14.1. The molecule has 1 aromatic carbocycles. The maximum absolute atomic E-state index is 10.0. The Hall–Kier alpha value is -1.52. The predicted molar refractivity (Wildman–Crippen MR) is 84.4 cm³/mol. The molecule has 1 spiro atoms. The summed E-state index contributed by atoms with van der Waals surface area (Å²) in [6, 6.07) is 4.18. The lowest BCUT2D eigenvalue weighted by Gasteiger charge is -2.38. The van der Waals surface area contributed by atoms with Crippen molar-refractivity contribution in [3.05, 3.63) is 35.4 Å². The van der Waals surface area contributed by atoms with Gasteiger partial charge in [0, 0.05) is 18.5 Å². The Morgan fingerprint density at radius 3 is 3.09 bits per heavy atom. The maximum Gasteiger partial charge on any atom is 0.166 e. The van der Waals surface area contributed by atoms with E-state index in [9.17, 15) is 5.11 Å². The third-order valence-electron chi connectivity index (χ3n) is 5.37. The summed E-state index contributed by atoms with van der Waals surface area (Å²) in [6.45, 7) is 2.02. The highest BCUT2D eigenvalue weighted by Gasteiger charge is 2.51. The highest BCUT2D eigenvalue weighted by Crippen LogP contribution is 2.55. The first-order valence-corrected chi connectivity index (χ1v) is 8.07. The molecule has 4 nitrogen and oxygen atoms in total. The summed E-state index contributed by atoms with van der Waals surface area (Å²) in [7, 11) is 3.86. The zero-order valence-electron chi connectivity index (χ0n) is 13.2. The van der Waals surface area contributed by atoms with Crippen molar-refractivity contribution < 1.29 is 14.6 Å². The van der Waals surface area contributed by atoms with Crippen molar-refractivity contribution in [1.82, 2.24) is 4.90 Å². The SMILES string of the molecule is COc1ccc2c3c1O[C@H]1C[C@@H](O)C=C[C@@]31CCCN(C)C2. The molecule has 2 heterocycles. The van der Waals surface area contributed by atoms with Crippen LogP contribution in [0.15, 0.2) is 24.3 Å². The van der Waals surface area contributed by atoms with Crippen LogP contribution in [0.4, 0.5) is 0 Å². The second kappa shape index (κ2) is 5.00. The molecule has 0 bridgehead atoms. The molecule has 0 amide bonds. The first-order valence-electron chi connectivity index (χ1n) is 8.07.